The van der Waals surface area contributed by atoms with E-state index in [1.807, 2.05) is 18.4 Å². The second-order valence-corrected chi connectivity index (χ2v) is 5.95. The van der Waals surface area contributed by atoms with Crippen molar-refractivity contribution in [2.24, 2.45) is 0 Å². The molecule has 0 spiro atoms. The van der Waals surface area contributed by atoms with E-state index in [4.69, 9.17) is 0 Å². The number of hydrogen-bond donors (Lipinski definition) is 1. The number of likely N-dealkylation sites (N-methyl/N-ethyl adjacent to an activating group) is 1. The molecule has 1 heterocycles. The van der Waals surface area contributed by atoms with Crippen molar-refractivity contribution in [2.75, 3.05) is 7.05 Å². The first-order chi connectivity index (χ1) is 7.79. The van der Waals surface area contributed by atoms with Gasteiger partial charge in [-0.05, 0) is 58.8 Å². The Morgan fingerprint density at radius 2 is 2.00 bits per heavy atom. The van der Waals surface area contributed by atoms with Gasteiger partial charge in [0.15, 0.2) is 0 Å². The molecule has 1 aromatic carbocycles. The van der Waals surface area contributed by atoms with Crippen molar-refractivity contribution < 1.29 is 0 Å². The van der Waals surface area contributed by atoms with E-state index in [0.29, 0.717) is 6.04 Å². The largest absolute Gasteiger partial charge is 0.313 e. The molecule has 0 bridgehead atoms. The summed E-state index contributed by atoms with van der Waals surface area (Å²) in [6.07, 6.45) is 1.06. The average molecular weight is 343 g/mol. The summed E-state index contributed by atoms with van der Waals surface area (Å²) in [6.45, 7) is 0. The van der Waals surface area contributed by atoms with Gasteiger partial charge in [0.05, 0.1) is 0 Å². The molecule has 1 atom stereocenters. The van der Waals surface area contributed by atoms with Gasteiger partial charge in [0, 0.05) is 20.9 Å². The highest BCUT2D eigenvalue weighted by Crippen LogP contribution is 2.21. The predicted molar refractivity (Wildman–Crippen MR) is 79.0 cm³/mol. The Balaban J connectivity index is 2.13. The number of halogens is 1. The SMILES string of the molecule is CNC(Cc1cccs1)c1ccc(I)cc1. The number of nitrogens with one attached hydrogen (secondary N) is 1. The van der Waals surface area contributed by atoms with Crippen molar-refractivity contribution >= 4 is 33.9 Å². The van der Waals surface area contributed by atoms with Crippen molar-refractivity contribution in [1.29, 1.82) is 0 Å². The molecule has 16 heavy (non-hydrogen) atoms. The quantitative estimate of drug-likeness (QED) is 0.832. The van der Waals surface area contributed by atoms with Crippen LogP contribution in [0.3, 0.4) is 0 Å². The van der Waals surface area contributed by atoms with Crippen LogP contribution in [0, 0.1) is 3.57 Å². The summed E-state index contributed by atoms with van der Waals surface area (Å²) in [5, 5.41) is 5.52. The Labute approximate surface area is 114 Å². The lowest BCUT2D eigenvalue weighted by Gasteiger charge is -2.15. The lowest BCUT2D eigenvalue weighted by atomic mass is 10.0. The second kappa shape index (κ2) is 5.80. The Bertz CT molecular complexity index is 422. The Morgan fingerprint density at radius 3 is 2.56 bits per heavy atom. The van der Waals surface area contributed by atoms with E-state index in [1.165, 1.54) is 14.0 Å². The molecule has 0 amide bonds. The number of thiophene rings is 1. The molecule has 0 aliphatic carbocycles. The minimum Gasteiger partial charge on any atom is -0.313 e. The first-order valence-electron chi connectivity index (χ1n) is 5.24. The molecule has 2 rings (SSSR count). The van der Waals surface area contributed by atoms with Crippen molar-refractivity contribution in [3.8, 4) is 0 Å². The van der Waals surface area contributed by atoms with Crippen molar-refractivity contribution in [3.05, 3.63) is 55.8 Å². The highest BCUT2D eigenvalue weighted by molar-refractivity contribution is 14.1. The summed E-state index contributed by atoms with van der Waals surface area (Å²) in [5.74, 6) is 0. The van der Waals surface area contributed by atoms with Crippen LogP contribution in [0.5, 0.6) is 0 Å². The topological polar surface area (TPSA) is 12.0 Å². The third kappa shape index (κ3) is 3.06. The van der Waals surface area contributed by atoms with Crippen molar-refractivity contribution in [3.63, 3.8) is 0 Å². The highest BCUT2D eigenvalue weighted by Gasteiger charge is 2.10. The number of hydrogen-bond acceptors (Lipinski definition) is 2. The maximum absolute atomic E-state index is 3.38. The summed E-state index contributed by atoms with van der Waals surface area (Å²) in [7, 11) is 2.02. The van der Waals surface area contributed by atoms with Gasteiger partial charge >= 0.3 is 0 Å². The van der Waals surface area contributed by atoms with Crippen LogP contribution in [-0.4, -0.2) is 7.05 Å². The minimum absolute atomic E-state index is 0.413. The van der Waals surface area contributed by atoms with Gasteiger partial charge < -0.3 is 5.32 Å². The molecule has 0 saturated heterocycles. The normalized spacial score (nSPS) is 12.6. The van der Waals surface area contributed by atoms with Crippen LogP contribution in [0.4, 0.5) is 0 Å². The van der Waals surface area contributed by atoms with E-state index < -0.39 is 0 Å². The molecule has 84 valence electrons. The van der Waals surface area contributed by atoms with Gasteiger partial charge in [-0.2, -0.15) is 0 Å². The van der Waals surface area contributed by atoms with Gasteiger partial charge in [0.1, 0.15) is 0 Å². The third-order valence-corrected chi connectivity index (χ3v) is 4.22. The Morgan fingerprint density at radius 1 is 1.25 bits per heavy atom. The zero-order chi connectivity index (χ0) is 11.4. The summed E-state index contributed by atoms with van der Waals surface area (Å²) in [5.41, 5.74) is 1.36. The van der Waals surface area contributed by atoms with Crippen LogP contribution in [0.2, 0.25) is 0 Å². The number of rotatable bonds is 4. The molecule has 1 N–H and O–H groups in total. The molecule has 3 heteroatoms. The van der Waals surface area contributed by atoms with E-state index in [0.717, 1.165) is 6.42 Å². The monoisotopic (exact) mass is 343 g/mol. The first-order valence-corrected chi connectivity index (χ1v) is 7.20. The van der Waals surface area contributed by atoms with E-state index in [2.05, 4.69) is 69.7 Å². The predicted octanol–water partition coefficient (Wildman–Crippen LogP) is 3.86. The summed E-state index contributed by atoms with van der Waals surface area (Å²) >= 11 is 4.16. The fourth-order valence-corrected chi connectivity index (χ4v) is 2.82. The van der Waals surface area contributed by atoms with Crippen LogP contribution in [0.25, 0.3) is 0 Å². The first kappa shape index (κ1) is 12.1. The molecule has 0 radical (unpaired) electrons. The molecular weight excluding hydrogens is 329 g/mol. The maximum Gasteiger partial charge on any atom is 0.0366 e. The van der Waals surface area contributed by atoms with Gasteiger partial charge in [-0.3, -0.25) is 0 Å². The van der Waals surface area contributed by atoms with Gasteiger partial charge in [-0.1, -0.05) is 18.2 Å². The van der Waals surface area contributed by atoms with Crippen molar-refractivity contribution in [1.82, 2.24) is 5.32 Å². The zero-order valence-corrected chi connectivity index (χ0v) is 12.1. The van der Waals surface area contributed by atoms with Crippen LogP contribution in [-0.2, 0) is 6.42 Å². The molecule has 0 aliphatic rings. The maximum atomic E-state index is 3.38. The highest BCUT2D eigenvalue weighted by atomic mass is 127. The van der Waals surface area contributed by atoms with Crippen LogP contribution in [0.1, 0.15) is 16.5 Å². The van der Waals surface area contributed by atoms with Gasteiger partial charge in [0.25, 0.3) is 0 Å². The van der Waals surface area contributed by atoms with E-state index >= 15 is 0 Å². The molecular formula is C13H14INS. The average Bonchev–Trinajstić information content (AvgIpc) is 2.80. The van der Waals surface area contributed by atoms with E-state index in [9.17, 15) is 0 Å². The molecule has 2 aromatic rings. The smallest absolute Gasteiger partial charge is 0.0366 e. The molecule has 0 aliphatic heterocycles. The van der Waals surface area contributed by atoms with Gasteiger partial charge in [-0.15, -0.1) is 11.3 Å². The lowest BCUT2D eigenvalue weighted by molar-refractivity contribution is 0.596. The summed E-state index contributed by atoms with van der Waals surface area (Å²) < 4.78 is 1.28. The van der Waals surface area contributed by atoms with Crippen LogP contribution < -0.4 is 5.32 Å². The van der Waals surface area contributed by atoms with Gasteiger partial charge in [0.2, 0.25) is 0 Å². The van der Waals surface area contributed by atoms with Crippen molar-refractivity contribution in [2.45, 2.75) is 12.5 Å². The van der Waals surface area contributed by atoms with E-state index in [1.54, 1.807) is 0 Å². The van der Waals surface area contributed by atoms with Crippen LogP contribution >= 0.6 is 33.9 Å². The summed E-state index contributed by atoms with van der Waals surface area (Å²) in [4.78, 5) is 1.43. The number of benzene rings is 1. The molecule has 0 saturated carbocycles. The molecule has 1 unspecified atom stereocenters. The molecule has 1 nitrogen and oxygen atoms in total. The Hall–Kier alpha value is -0.390. The fourth-order valence-electron chi connectivity index (χ4n) is 1.71. The minimum atomic E-state index is 0.413. The van der Waals surface area contributed by atoms with Crippen LogP contribution in [0.15, 0.2) is 41.8 Å². The lowest BCUT2D eigenvalue weighted by Crippen LogP contribution is -2.18. The molecule has 1 aromatic heterocycles. The Kier molecular flexibility index (Phi) is 4.37. The van der Waals surface area contributed by atoms with Gasteiger partial charge in [-0.25, -0.2) is 0 Å². The van der Waals surface area contributed by atoms with E-state index in [-0.39, 0.29) is 0 Å². The standard InChI is InChI=1S/C13H14INS/c1-15-13(9-12-3-2-8-16-12)10-4-6-11(14)7-5-10/h2-8,13,15H,9H2,1H3. The second-order valence-electron chi connectivity index (χ2n) is 3.68. The molecule has 0 fully saturated rings. The third-order valence-electron chi connectivity index (χ3n) is 2.61. The fraction of sp³-hybridized carbons (Fsp3) is 0.231. The summed E-state index contributed by atoms with van der Waals surface area (Å²) in [6, 6.07) is 13.5. The zero-order valence-electron chi connectivity index (χ0n) is 9.11.